The fraction of sp³-hybridized carbons (Fsp3) is 0.467. The van der Waals surface area contributed by atoms with E-state index in [1.165, 1.54) is 12.3 Å². The SMILES string of the molecule is O=C(Cc1cn2cc(F)ccc2n1)N1CCN(CCO)CC1. The molecular formula is C15H19FN4O2. The second-order valence-electron chi connectivity index (χ2n) is 5.47. The van der Waals surface area contributed by atoms with E-state index in [-0.39, 0.29) is 24.8 Å². The molecule has 1 aliphatic rings. The Bertz CT molecular complexity index is 665. The van der Waals surface area contributed by atoms with Gasteiger partial charge in [0.1, 0.15) is 11.5 Å². The number of amides is 1. The Morgan fingerprint density at radius 1 is 1.23 bits per heavy atom. The van der Waals surface area contributed by atoms with E-state index < -0.39 is 0 Å². The predicted molar refractivity (Wildman–Crippen MR) is 79.0 cm³/mol. The van der Waals surface area contributed by atoms with Crippen LogP contribution in [-0.2, 0) is 11.2 Å². The zero-order chi connectivity index (χ0) is 15.5. The van der Waals surface area contributed by atoms with Crippen LogP contribution in [0.15, 0.2) is 24.5 Å². The van der Waals surface area contributed by atoms with Crippen LogP contribution in [0.1, 0.15) is 5.69 Å². The number of fused-ring (bicyclic) bond motifs is 1. The zero-order valence-corrected chi connectivity index (χ0v) is 12.3. The number of hydrogen-bond acceptors (Lipinski definition) is 4. The van der Waals surface area contributed by atoms with Gasteiger partial charge in [0.2, 0.25) is 5.91 Å². The molecule has 2 aromatic heterocycles. The van der Waals surface area contributed by atoms with Gasteiger partial charge in [0.25, 0.3) is 0 Å². The highest BCUT2D eigenvalue weighted by Gasteiger charge is 2.21. The lowest BCUT2D eigenvalue weighted by atomic mass is 10.2. The summed E-state index contributed by atoms with van der Waals surface area (Å²) in [7, 11) is 0. The molecule has 22 heavy (non-hydrogen) atoms. The van der Waals surface area contributed by atoms with E-state index in [4.69, 9.17) is 5.11 Å². The second kappa shape index (κ2) is 6.41. The summed E-state index contributed by atoms with van der Waals surface area (Å²) in [5, 5.41) is 8.92. The fourth-order valence-corrected chi connectivity index (χ4v) is 2.73. The number of aliphatic hydroxyl groups is 1. The number of imidazole rings is 1. The minimum atomic E-state index is -0.331. The number of aliphatic hydroxyl groups excluding tert-OH is 1. The number of rotatable bonds is 4. The molecule has 0 atom stereocenters. The molecule has 1 N–H and O–H groups in total. The van der Waals surface area contributed by atoms with E-state index in [2.05, 4.69) is 9.88 Å². The normalized spacial score (nSPS) is 16.4. The fourth-order valence-electron chi connectivity index (χ4n) is 2.73. The molecule has 1 aliphatic heterocycles. The Labute approximate surface area is 127 Å². The highest BCUT2D eigenvalue weighted by molar-refractivity contribution is 5.78. The van der Waals surface area contributed by atoms with Gasteiger partial charge in [0, 0.05) is 45.1 Å². The maximum atomic E-state index is 13.2. The van der Waals surface area contributed by atoms with E-state index in [9.17, 15) is 9.18 Å². The van der Waals surface area contributed by atoms with E-state index in [1.807, 2.05) is 4.90 Å². The molecule has 0 aliphatic carbocycles. The van der Waals surface area contributed by atoms with Gasteiger partial charge in [-0.3, -0.25) is 9.69 Å². The lowest BCUT2D eigenvalue weighted by Crippen LogP contribution is -2.49. The lowest BCUT2D eigenvalue weighted by molar-refractivity contribution is -0.132. The highest BCUT2D eigenvalue weighted by atomic mass is 19.1. The maximum absolute atomic E-state index is 13.2. The number of nitrogens with zero attached hydrogens (tertiary/aromatic N) is 4. The third-order valence-corrected chi connectivity index (χ3v) is 3.94. The number of β-amino-alcohol motifs (C(OH)–C–C–N with tert-alkyl or cyclic N) is 1. The number of piperazine rings is 1. The summed E-state index contributed by atoms with van der Waals surface area (Å²) in [6.45, 7) is 3.69. The van der Waals surface area contributed by atoms with Crippen molar-refractivity contribution in [1.29, 1.82) is 0 Å². The van der Waals surface area contributed by atoms with E-state index in [0.717, 1.165) is 13.1 Å². The third-order valence-electron chi connectivity index (χ3n) is 3.94. The van der Waals surface area contributed by atoms with Crippen molar-refractivity contribution in [3.63, 3.8) is 0 Å². The van der Waals surface area contributed by atoms with E-state index >= 15 is 0 Å². The minimum absolute atomic E-state index is 0.0347. The first-order chi connectivity index (χ1) is 10.7. The lowest BCUT2D eigenvalue weighted by Gasteiger charge is -2.34. The Hall–Kier alpha value is -1.99. The number of carbonyl (C=O) groups is 1. The summed E-state index contributed by atoms with van der Waals surface area (Å²) in [5.74, 6) is -0.296. The van der Waals surface area contributed by atoms with Crippen molar-refractivity contribution in [3.8, 4) is 0 Å². The molecule has 0 saturated carbocycles. The molecule has 0 unspecified atom stereocenters. The van der Waals surface area contributed by atoms with Crippen LogP contribution in [0.5, 0.6) is 0 Å². The predicted octanol–water partition coefficient (Wildman–Crippen LogP) is 0.152. The van der Waals surface area contributed by atoms with Crippen LogP contribution < -0.4 is 0 Å². The molecule has 6 nitrogen and oxygen atoms in total. The van der Waals surface area contributed by atoms with Crippen LogP contribution in [0.25, 0.3) is 5.65 Å². The number of carbonyl (C=O) groups excluding carboxylic acids is 1. The number of aromatic nitrogens is 2. The molecule has 7 heteroatoms. The molecule has 118 valence electrons. The summed E-state index contributed by atoms with van der Waals surface area (Å²) in [6, 6.07) is 2.95. The van der Waals surface area contributed by atoms with Gasteiger partial charge < -0.3 is 14.4 Å². The zero-order valence-electron chi connectivity index (χ0n) is 12.3. The Morgan fingerprint density at radius 3 is 2.73 bits per heavy atom. The van der Waals surface area contributed by atoms with Gasteiger partial charge in [-0.15, -0.1) is 0 Å². The van der Waals surface area contributed by atoms with Crippen LogP contribution >= 0.6 is 0 Å². The first-order valence-corrected chi connectivity index (χ1v) is 7.40. The third kappa shape index (κ3) is 3.26. The quantitative estimate of drug-likeness (QED) is 0.874. The van der Waals surface area contributed by atoms with Crippen LogP contribution in [-0.4, -0.2) is 69.5 Å². The van der Waals surface area contributed by atoms with Crippen LogP contribution in [0.2, 0.25) is 0 Å². The largest absolute Gasteiger partial charge is 0.395 e. The Kier molecular flexibility index (Phi) is 4.35. The summed E-state index contributed by atoms with van der Waals surface area (Å²) < 4.78 is 14.7. The van der Waals surface area contributed by atoms with Gasteiger partial charge in [-0.1, -0.05) is 0 Å². The minimum Gasteiger partial charge on any atom is -0.395 e. The molecule has 1 fully saturated rings. The molecule has 2 aromatic rings. The molecule has 0 aromatic carbocycles. The van der Waals surface area contributed by atoms with Crippen molar-refractivity contribution in [2.45, 2.75) is 6.42 Å². The molecule has 3 heterocycles. The van der Waals surface area contributed by atoms with Crippen molar-refractivity contribution in [2.24, 2.45) is 0 Å². The molecule has 0 spiro atoms. The monoisotopic (exact) mass is 306 g/mol. The van der Waals surface area contributed by atoms with Crippen molar-refractivity contribution in [2.75, 3.05) is 39.3 Å². The first-order valence-electron chi connectivity index (χ1n) is 7.40. The molecule has 3 rings (SSSR count). The van der Waals surface area contributed by atoms with Gasteiger partial charge >= 0.3 is 0 Å². The number of hydrogen-bond donors (Lipinski definition) is 1. The van der Waals surface area contributed by atoms with Gasteiger partial charge in [-0.25, -0.2) is 9.37 Å². The van der Waals surface area contributed by atoms with Crippen LogP contribution in [0.3, 0.4) is 0 Å². The molecule has 0 radical (unpaired) electrons. The van der Waals surface area contributed by atoms with Crippen molar-refractivity contribution < 1.29 is 14.3 Å². The van der Waals surface area contributed by atoms with Gasteiger partial charge in [-0.05, 0) is 12.1 Å². The smallest absolute Gasteiger partial charge is 0.228 e. The number of halogens is 1. The van der Waals surface area contributed by atoms with Crippen molar-refractivity contribution in [3.05, 3.63) is 36.0 Å². The van der Waals surface area contributed by atoms with E-state index in [1.54, 1.807) is 16.7 Å². The Morgan fingerprint density at radius 2 is 2.00 bits per heavy atom. The molecule has 1 amide bonds. The summed E-state index contributed by atoms with van der Waals surface area (Å²) >= 11 is 0. The number of pyridine rings is 1. The van der Waals surface area contributed by atoms with Crippen LogP contribution in [0.4, 0.5) is 4.39 Å². The topological polar surface area (TPSA) is 61.1 Å². The summed E-state index contributed by atoms with van der Waals surface area (Å²) in [6.07, 6.45) is 3.27. The average molecular weight is 306 g/mol. The van der Waals surface area contributed by atoms with Crippen molar-refractivity contribution >= 4 is 11.6 Å². The molecule has 0 bridgehead atoms. The molecule has 1 saturated heterocycles. The second-order valence-corrected chi connectivity index (χ2v) is 5.47. The Balaban J connectivity index is 1.61. The highest BCUT2D eigenvalue weighted by Crippen LogP contribution is 2.10. The molecular weight excluding hydrogens is 287 g/mol. The maximum Gasteiger partial charge on any atom is 0.228 e. The van der Waals surface area contributed by atoms with Crippen LogP contribution in [0, 0.1) is 5.82 Å². The van der Waals surface area contributed by atoms with Gasteiger partial charge in [-0.2, -0.15) is 0 Å². The van der Waals surface area contributed by atoms with E-state index in [0.29, 0.717) is 31.0 Å². The van der Waals surface area contributed by atoms with Gasteiger partial charge in [0.05, 0.1) is 18.7 Å². The summed E-state index contributed by atoms with van der Waals surface area (Å²) in [4.78, 5) is 20.6. The van der Waals surface area contributed by atoms with Crippen molar-refractivity contribution in [1.82, 2.24) is 19.2 Å². The average Bonchev–Trinajstić information content (AvgIpc) is 2.89. The first kappa shape index (κ1) is 14.9. The standard InChI is InChI=1S/C15H19FN4O2/c16-12-1-2-14-17-13(11-20(14)10-12)9-15(22)19-5-3-18(4-6-19)7-8-21/h1-2,10-11,21H,3-9H2. The van der Waals surface area contributed by atoms with Gasteiger partial charge in [0.15, 0.2) is 0 Å². The summed E-state index contributed by atoms with van der Waals surface area (Å²) in [5.41, 5.74) is 1.28.